The number of carbonyl (C=O) groups excluding carboxylic acids is 2. The second-order valence-electron chi connectivity index (χ2n) is 5.44. The third kappa shape index (κ3) is 3.22. The Bertz CT molecular complexity index is 626. The highest BCUT2D eigenvalue weighted by atomic mass is 35.5. The van der Waals surface area contributed by atoms with E-state index < -0.39 is 11.4 Å². The molecule has 1 aliphatic carbocycles. The fraction of sp³-hybridized carbons (Fsp3) is 0.400. The normalized spacial score (nSPS) is 15.5. The Labute approximate surface area is 132 Å². The molecule has 1 fully saturated rings. The van der Waals surface area contributed by atoms with Gasteiger partial charge in [-0.05, 0) is 31.0 Å². The predicted molar refractivity (Wildman–Crippen MR) is 82.0 cm³/mol. The average Bonchev–Trinajstić information content (AvgIpc) is 2.43. The first-order chi connectivity index (χ1) is 10.4. The molecular formula is C15H17ClN2O4. The number of carboxylic acids is 1. The zero-order valence-electron chi connectivity index (χ0n) is 12.1. The summed E-state index contributed by atoms with van der Waals surface area (Å²) in [6.45, 7) is 0. The second kappa shape index (κ2) is 6.36. The smallest absolute Gasteiger partial charge is 0.310 e. The monoisotopic (exact) mass is 324 g/mol. The molecule has 1 aliphatic rings. The van der Waals surface area contributed by atoms with Gasteiger partial charge in [0.25, 0.3) is 5.91 Å². The first-order valence-corrected chi connectivity index (χ1v) is 7.31. The van der Waals surface area contributed by atoms with Crippen molar-refractivity contribution in [3.8, 4) is 0 Å². The molecule has 2 rings (SSSR count). The third-order valence-electron chi connectivity index (χ3n) is 3.99. The molecule has 0 heterocycles. The number of rotatable bonds is 5. The number of carbonyl (C=O) groups is 3. The minimum atomic E-state index is -0.944. The van der Waals surface area contributed by atoms with Gasteiger partial charge in [-0.15, -0.1) is 0 Å². The van der Waals surface area contributed by atoms with Gasteiger partial charge in [-0.3, -0.25) is 14.4 Å². The largest absolute Gasteiger partial charge is 0.481 e. The highest BCUT2D eigenvalue weighted by Gasteiger charge is 2.45. The van der Waals surface area contributed by atoms with Crippen LogP contribution in [0.3, 0.4) is 0 Å². The van der Waals surface area contributed by atoms with Gasteiger partial charge in [-0.1, -0.05) is 18.0 Å². The van der Waals surface area contributed by atoms with Crippen molar-refractivity contribution in [2.75, 3.05) is 12.4 Å². The fourth-order valence-electron chi connectivity index (χ4n) is 2.49. The van der Waals surface area contributed by atoms with Gasteiger partial charge in [0.1, 0.15) is 0 Å². The number of benzene rings is 1. The van der Waals surface area contributed by atoms with Gasteiger partial charge < -0.3 is 15.7 Å². The van der Waals surface area contributed by atoms with Crippen molar-refractivity contribution in [3.63, 3.8) is 0 Å². The van der Waals surface area contributed by atoms with Crippen LogP contribution in [-0.4, -0.2) is 29.9 Å². The van der Waals surface area contributed by atoms with Crippen LogP contribution >= 0.6 is 11.6 Å². The van der Waals surface area contributed by atoms with Gasteiger partial charge in [0.05, 0.1) is 16.0 Å². The maximum Gasteiger partial charge on any atom is 0.310 e. The molecule has 0 aromatic heterocycles. The molecule has 1 aromatic carbocycles. The van der Waals surface area contributed by atoms with E-state index in [1.54, 1.807) is 6.07 Å². The number of amides is 2. The summed E-state index contributed by atoms with van der Waals surface area (Å²) in [6, 6.07) is 4.55. The van der Waals surface area contributed by atoms with Crippen LogP contribution in [0.5, 0.6) is 0 Å². The van der Waals surface area contributed by atoms with Crippen molar-refractivity contribution in [1.82, 2.24) is 5.32 Å². The quantitative estimate of drug-likeness (QED) is 0.774. The summed E-state index contributed by atoms with van der Waals surface area (Å²) < 4.78 is 0. The molecule has 0 atom stereocenters. The Morgan fingerprint density at radius 2 is 2.00 bits per heavy atom. The summed E-state index contributed by atoms with van der Waals surface area (Å²) in [6.07, 6.45) is 1.78. The van der Waals surface area contributed by atoms with Gasteiger partial charge in [-0.25, -0.2) is 0 Å². The van der Waals surface area contributed by atoms with Crippen LogP contribution in [-0.2, 0) is 9.59 Å². The molecule has 1 aromatic rings. The van der Waals surface area contributed by atoms with Gasteiger partial charge >= 0.3 is 5.97 Å². The zero-order valence-corrected chi connectivity index (χ0v) is 12.9. The molecule has 0 aliphatic heterocycles. The minimum absolute atomic E-state index is 0.0692. The van der Waals surface area contributed by atoms with Crippen molar-refractivity contribution in [3.05, 3.63) is 28.8 Å². The Balaban J connectivity index is 2.09. The van der Waals surface area contributed by atoms with Crippen LogP contribution in [0.2, 0.25) is 5.02 Å². The molecule has 7 heteroatoms. The summed E-state index contributed by atoms with van der Waals surface area (Å²) in [5.41, 5.74) is -0.286. The lowest BCUT2D eigenvalue weighted by atomic mass is 9.66. The zero-order chi connectivity index (χ0) is 16.3. The molecule has 118 valence electrons. The Morgan fingerprint density at radius 1 is 1.32 bits per heavy atom. The van der Waals surface area contributed by atoms with Crippen molar-refractivity contribution in [2.24, 2.45) is 5.41 Å². The molecule has 2 amide bonds. The van der Waals surface area contributed by atoms with E-state index in [0.29, 0.717) is 18.5 Å². The van der Waals surface area contributed by atoms with Crippen LogP contribution < -0.4 is 10.6 Å². The number of nitrogens with one attached hydrogen (secondary N) is 2. The lowest BCUT2D eigenvalue weighted by Gasteiger charge is -2.36. The van der Waals surface area contributed by atoms with Crippen molar-refractivity contribution < 1.29 is 19.5 Å². The van der Waals surface area contributed by atoms with Crippen molar-refractivity contribution in [2.45, 2.75) is 25.7 Å². The first kappa shape index (κ1) is 16.3. The van der Waals surface area contributed by atoms with E-state index >= 15 is 0 Å². The first-order valence-electron chi connectivity index (χ1n) is 6.93. The number of halogens is 1. The van der Waals surface area contributed by atoms with E-state index in [1.165, 1.54) is 19.2 Å². The molecule has 0 spiro atoms. The minimum Gasteiger partial charge on any atom is -0.481 e. The van der Waals surface area contributed by atoms with Crippen molar-refractivity contribution >= 4 is 35.1 Å². The molecule has 3 N–H and O–H groups in total. The van der Waals surface area contributed by atoms with E-state index in [4.69, 9.17) is 11.6 Å². The molecule has 1 saturated carbocycles. The highest BCUT2D eigenvalue weighted by Crippen LogP contribution is 2.44. The second-order valence-corrected chi connectivity index (χ2v) is 5.84. The van der Waals surface area contributed by atoms with E-state index in [0.717, 1.165) is 6.42 Å². The molecule has 0 radical (unpaired) electrons. The molecule has 22 heavy (non-hydrogen) atoms. The van der Waals surface area contributed by atoms with Crippen LogP contribution in [0, 0.1) is 5.41 Å². The Kier molecular flexibility index (Phi) is 4.71. The van der Waals surface area contributed by atoms with Crippen LogP contribution in [0.4, 0.5) is 5.69 Å². The number of hydrogen-bond donors (Lipinski definition) is 3. The SMILES string of the molecule is CNC(=O)c1cc(NC(=O)CC2(C(=O)O)CCC2)ccc1Cl. The van der Waals surface area contributed by atoms with Crippen molar-refractivity contribution in [1.29, 1.82) is 0 Å². The summed E-state index contributed by atoms with van der Waals surface area (Å²) in [7, 11) is 1.48. The van der Waals surface area contributed by atoms with Gasteiger partial charge in [0.2, 0.25) is 5.91 Å². The summed E-state index contributed by atoms with van der Waals surface area (Å²) in [5, 5.41) is 14.6. The van der Waals surface area contributed by atoms with Gasteiger partial charge in [0.15, 0.2) is 0 Å². The predicted octanol–water partition coefficient (Wildman–Crippen LogP) is 2.28. The number of carboxylic acid groups (broad SMARTS) is 1. The molecular weight excluding hydrogens is 308 g/mol. The number of hydrogen-bond acceptors (Lipinski definition) is 3. The van der Waals surface area contributed by atoms with E-state index in [9.17, 15) is 19.5 Å². The highest BCUT2D eigenvalue weighted by molar-refractivity contribution is 6.34. The maximum atomic E-state index is 12.1. The topological polar surface area (TPSA) is 95.5 Å². The van der Waals surface area contributed by atoms with Gasteiger partial charge in [0, 0.05) is 19.2 Å². The fourth-order valence-corrected chi connectivity index (χ4v) is 2.70. The summed E-state index contributed by atoms with van der Waals surface area (Å²) in [4.78, 5) is 35.0. The van der Waals surface area contributed by atoms with Crippen LogP contribution in [0.25, 0.3) is 0 Å². The Hall–Kier alpha value is -2.08. The lowest BCUT2D eigenvalue weighted by Crippen LogP contribution is -2.41. The van der Waals surface area contributed by atoms with Crippen LogP contribution in [0.15, 0.2) is 18.2 Å². The average molecular weight is 325 g/mol. The summed E-state index contributed by atoms with van der Waals surface area (Å²) in [5.74, 6) is -1.68. The van der Waals surface area contributed by atoms with E-state index in [2.05, 4.69) is 10.6 Å². The van der Waals surface area contributed by atoms with E-state index in [1.807, 2.05) is 0 Å². The Morgan fingerprint density at radius 3 is 2.50 bits per heavy atom. The standard InChI is InChI=1S/C15H17ClN2O4/c1-17-13(20)10-7-9(3-4-11(10)16)18-12(19)8-15(14(21)22)5-2-6-15/h3-4,7H,2,5-6,8H2,1H3,(H,17,20)(H,18,19)(H,21,22). The number of aliphatic carboxylic acids is 1. The molecule has 0 saturated heterocycles. The van der Waals surface area contributed by atoms with Crippen LogP contribution in [0.1, 0.15) is 36.0 Å². The van der Waals surface area contributed by atoms with Gasteiger partial charge in [-0.2, -0.15) is 0 Å². The maximum absolute atomic E-state index is 12.1. The summed E-state index contributed by atoms with van der Waals surface area (Å²) >= 11 is 5.93. The van der Waals surface area contributed by atoms with E-state index in [-0.39, 0.29) is 28.8 Å². The molecule has 6 nitrogen and oxygen atoms in total. The third-order valence-corrected chi connectivity index (χ3v) is 4.31. The lowest BCUT2D eigenvalue weighted by molar-refractivity contribution is -0.157. The molecule has 0 bridgehead atoms. The molecule has 0 unspecified atom stereocenters. The number of anilines is 1.